The van der Waals surface area contributed by atoms with Crippen LogP contribution in [0, 0.1) is 0 Å². The van der Waals surface area contributed by atoms with E-state index >= 15 is 0 Å². The van der Waals surface area contributed by atoms with Gasteiger partial charge in [-0.25, -0.2) is 14.5 Å². The summed E-state index contributed by atoms with van der Waals surface area (Å²) in [5, 5.41) is 18.7. The van der Waals surface area contributed by atoms with Gasteiger partial charge in [-0.05, 0) is 26.0 Å². The van der Waals surface area contributed by atoms with Gasteiger partial charge in [-0.2, -0.15) is 0 Å². The van der Waals surface area contributed by atoms with Crippen molar-refractivity contribution < 1.29 is 14.7 Å². The summed E-state index contributed by atoms with van der Waals surface area (Å²) in [7, 11) is 0. The molecule has 0 aliphatic carbocycles. The van der Waals surface area contributed by atoms with E-state index in [9.17, 15) is 9.59 Å². The van der Waals surface area contributed by atoms with Crippen molar-refractivity contribution in [1.82, 2.24) is 29.9 Å². The fraction of sp³-hybridized carbons (Fsp3) is 0.353. The molecule has 0 bridgehead atoms. The van der Waals surface area contributed by atoms with Gasteiger partial charge in [0.05, 0.1) is 17.2 Å². The molecule has 3 aromatic rings. The summed E-state index contributed by atoms with van der Waals surface area (Å²) in [5.74, 6) is -0.529. The van der Waals surface area contributed by atoms with Crippen molar-refractivity contribution in [3.63, 3.8) is 0 Å². The van der Waals surface area contributed by atoms with Crippen molar-refractivity contribution in [3.8, 4) is 0 Å². The first-order chi connectivity index (χ1) is 12.5. The molecular weight excluding hydrogens is 336 g/mol. The van der Waals surface area contributed by atoms with Gasteiger partial charge in [0.15, 0.2) is 5.69 Å². The van der Waals surface area contributed by atoms with Crippen LogP contribution in [-0.2, 0) is 17.8 Å². The van der Waals surface area contributed by atoms with Gasteiger partial charge >= 0.3 is 5.97 Å². The maximum Gasteiger partial charge on any atom is 0.358 e. The second-order valence-corrected chi connectivity index (χ2v) is 6.19. The van der Waals surface area contributed by atoms with Gasteiger partial charge in [0, 0.05) is 19.0 Å². The lowest BCUT2D eigenvalue weighted by Gasteiger charge is -2.13. The topological polar surface area (TPSA) is 115 Å². The molecule has 0 atom stereocenters. The van der Waals surface area contributed by atoms with Gasteiger partial charge in [-0.3, -0.25) is 4.79 Å². The van der Waals surface area contributed by atoms with E-state index in [0.717, 1.165) is 16.9 Å². The van der Waals surface area contributed by atoms with Crippen LogP contribution in [0.5, 0.6) is 0 Å². The zero-order chi connectivity index (χ0) is 18.7. The number of fused-ring (bicyclic) bond motifs is 1. The molecule has 0 saturated heterocycles. The average molecular weight is 356 g/mol. The van der Waals surface area contributed by atoms with Crippen LogP contribution in [0.25, 0.3) is 11.0 Å². The Morgan fingerprint density at radius 3 is 2.73 bits per heavy atom. The van der Waals surface area contributed by atoms with Crippen molar-refractivity contribution in [2.75, 3.05) is 6.54 Å². The van der Waals surface area contributed by atoms with Crippen molar-refractivity contribution in [1.29, 1.82) is 0 Å². The highest BCUT2D eigenvalue weighted by atomic mass is 16.4. The fourth-order valence-corrected chi connectivity index (χ4v) is 2.84. The summed E-state index contributed by atoms with van der Waals surface area (Å²) < 4.78 is 3.36. The molecule has 0 unspecified atom stereocenters. The zero-order valence-corrected chi connectivity index (χ0v) is 14.6. The van der Waals surface area contributed by atoms with Crippen LogP contribution in [0.1, 0.15) is 36.2 Å². The largest absolute Gasteiger partial charge is 0.476 e. The second-order valence-electron chi connectivity index (χ2n) is 6.19. The van der Waals surface area contributed by atoms with E-state index in [2.05, 4.69) is 39.0 Å². The number of hydrogen-bond acceptors (Lipinski definition) is 5. The number of aromatic carboxylic acids is 1. The third-order valence-electron chi connectivity index (χ3n) is 3.92. The smallest absolute Gasteiger partial charge is 0.358 e. The standard InChI is InChI=1S/C17H20N6O3/c1-11(2)23-14-6-4-3-5-12(14)19-15(23)7-8-18-16(24)10-22-9-13(17(25)26)20-21-22/h3-6,9,11H,7-8,10H2,1-2H3,(H,18,24)(H,25,26). The SMILES string of the molecule is CC(C)n1c(CCNC(=O)Cn2cc(C(=O)O)nn2)nc2ccccc21. The molecule has 26 heavy (non-hydrogen) atoms. The number of hydrogen-bond donors (Lipinski definition) is 2. The number of benzene rings is 1. The predicted octanol–water partition coefficient (Wildman–Crippen LogP) is 1.27. The van der Waals surface area contributed by atoms with Crippen molar-refractivity contribution >= 4 is 22.9 Å². The zero-order valence-electron chi connectivity index (χ0n) is 14.6. The summed E-state index contributed by atoms with van der Waals surface area (Å²) in [6.07, 6.45) is 1.82. The Kier molecular flexibility index (Phi) is 4.97. The first kappa shape index (κ1) is 17.6. The van der Waals surface area contributed by atoms with Crippen molar-refractivity contribution in [2.45, 2.75) is 32.9 Å². The molecule has 0 fully saturated rings. The summed E-state index contributed by atoms with van der Waals surface area (Å²) in [6, 6.07) is 8.21. The Morgan fingerprint density at radius 1 is 1.27 bits per heavy atom. The molecule has 2 aromatic heterocycles. The van der Waals surface area contributed by atoms with Crippen LogP contribution < -0.4 is 5.32 Å². The molecule has 0 aliphatic rings. The Balaban J connectivity index is 1.60. The van der Waals surface area contributed by atoms with Gasteiger partial charge in [-0.1, -0.05) is 17.3 Å². The van der Waals surface area contributed by atoms with Crippen LogP contribution in [0.3, 0.4) is 0 Å². The van der Waals surface area contributed by atoms with Gasteiger partial charge in [0.25, 0.3) is 0 Å². The normalized spacial score (nSPS) is 11.2. The molecule has 0 saturated carbocycles. The third kappa shape index (κ3) is 3.71. The Hall–Kier alpha value is -3.23. The second kappa shape index (κ2) is 7.34. The molecule has 9 nitrogen and oxygen atoms in total. The van der Waals surface area contributed by atoms with Crippen LogP contribution in [0.2, 0.25) is 0 Å². The first-order valence-electron chi connectivity index (χ1n) is 8.31. The van der Waals surface area contributed by atoms with Crippen molar-refractivity contribution in [3.05, 3.63) is 42.0 Å². The average Bonchev–Trinajstić information content (AvgIpc) is 3.18. The molecule has 9 heteroatoms. The maximum atomic E-state index is 12.0. The molecule has 136 valence electrons. The lowest BCUT2D eigenvalue weighted by molar-refractivity contribution is -0.121. The molecule has 2 N–H and O–H groups in total. The van der Waals surface area contributed by atoms with Crippen molar-refractivity contribution in [2.24, 2.45) is 0 Å². The van der Waals surface area contributed by atoms with E-state index < -0.39 is 5.97 Å². The number of amides is 1. The van der Waals surface area contributed by atoms with Crippen LogP contribution in [-0.4, -0.2) is 48.1 Å². The maximum absolute atomic E-state index is 12.0. The Bertz CT molecular complexity index is 943. The quantitative estimate of drug-likeness (QED) is 0.659. The number of imidazole rings is 1. The molecule has 1 aromatic carbocycles. The number of carboxylic acids is 1. The predicted molar refractivity (Wildman–Crippen MR) is 93.8 cm³/mol. The number of carbonyl (C=O) groups excluding carboxylic acids is 1. The van der Waals surface area contributed by atoms with Crippen LogP contribution in [0.4, 0.5) is 0 Å². The minimum Gasteiger partial charge on any atom is -0.476 e. The molecule has 0 radical (unpaired) electrons. The van der Waals surface area contributed by atoms with E-state index in [0.29, 0.717) is 13.0 Å². The minimum atomic E-state index is -1.18. The van der Waals surface area contributed by atoms with Gasteiger partial charge in [-0.15, -0.1) is 5.10 Å². The number of nitrogens with one attached hydrogen (secondary N) is 1. The van der Waals surface area contributed by atoms with Crippen LogP contribution in [0.15, 0.2) is 30.5 Å². The molecule has 0 aliphatic heterocycles. The van der Waals surface area contributed by atoms with Gasteiger partial charge in [0.2, 0.25) is 5.91 Å². The van der Waals surface area contributed by atoms with E-state index in [4.69, 9.17) is 5.11 Å². The fourth-order valence-electron chi connectivity index (χ4n) is 2.84. The van der Waals surface area contributed by atoms with E-state index in [-0.39, 0.29) is 24.2 Å². The number of para-hydroxylation sites is 2. The lowest BCUT2D eigenvalue weighted by Crippen LogP contribution is -2.30. The lowest BCUT2D eigenvalue weighted by atomic mass is 10.3. The highest BCUT2D eigenvalue weighted by Gasteiger charge is 2.14. The van der Waals surface area contributed by atoms with Crippen LogP contribution >= 0.6 is 0 Å². The molecular formula is C17H20N6O3. The highest BCUT2D eigenvalue weighted by Crippen LogP contribution is 2.20. The van der Waals surface area contributed by atoms with E-state index in [1.807, 2.05) is 24.3 Å². The number of carbonyl (C=O) groups is 2. The number of aromatic nitrogens is 5. The number of rotatable bonds is 7. The molecule has 2 heterocycles. The number of carboxylic acid groups (broad SMARTS) is 1. The first-order valence-corrected chi connectivity index (χ1v) is 8.31. The van der Waals surface area contributed by atoms with Gasteiger partial charge < -0.3 is 15.0 Å². The molecule has 3 rings (SSSR count). The summed E-state index contributed by atoms with van der Waals surface area (Å²) in [5.41, 5.74) is 1.82. The molecule has 0 spiro atoms. The minimum absolute atomic E-state index is 0.0825. The highest BCUT2D eigenvalue weighted by molar-refractivity contribution is 5.84. The monoisotopic (exact) mass is 356 g/mol. The summed E-state index contributed by atoms with van der Waals surface area (Å²) in [4.78, 5) is 27.4. The number of nitrogens with zero attached hydrogens (tertiary/aromatic N) is 5. The van der Waals surface area contributed by atoms with E-state index in [1.165, 1.54) is 10.9 Å². The van der Waals surface area contributed by atoms with Gasteiger partial charge in [0.1, 0.15) is 12.4 Å². The Morgan fingerprint density at radius 2 is 2.04 bits per heavy atom. The summed E-state index contributed by atoms with van der Waals surface area (Å²) in [6.45, 7) is 4.54. The Labute approximate surface area is 149 Å². The molecule has 1 amide bonds. The van der Waals surface area contributed by atoms with E-state index in [1.54, 1.807) is 0 Å². The summed E-state index contributed by atoms with van der Waals surface area (Å²) >= 11 is 0. The third-order valence-corrected chi connectivity index (χ3v) is 3.92.